The van der Waals surface area contributed by atoms with E-state index in [2.05, 4.69) is 5.32 Å². The highest BCUT2D eigenvalue weighted by atomic mass is 16.6. The van der Waals surface area contributed by atoms with Crippen LogP contribution >= 0.6 is 0 Å². The Labute approximate surface area is 203 Å². The van der Waals surface area contributed by atoms with Crippen LogP contribution in [0.4, 0.5) is 16.2 Å². The van der Waals surface area contributed by atoms with Crippen LogP contribution in [0, 0.1) is 10.1 Å². The van der Waals surface area contributed by atoms with Gasteiger partial charge in [-0.3, -0.25) is 25.0 Å². The van der Waals surface area contributed by atoms with E-state index >= 15 is 0 Å². The number of hydrogen-bond acceptors (Lipinski definition) is 7. The Kier molecular flexibility index (Phi) is 6.55. The van der Waals surface area contributed by atoms with Crippen LogP contribution in [-0.2, 0) is 16.2 Å². The minimum Gasteiger partial charge on any atom is -0.488 e. The fourth-order valence-corrected chi connectivity index (χ4v) is 3.43. The quantitative estimate of drug-likeness (QED) is 0.222. The second-order valence-corrected chi connectivity index (χ2v) is 7.56. The smallest absolute Gasteiger partial charge is 0.335 e. The summed E-state index contributed by atoms with van der Waals surface area (Å²) in [4.78, 5) is 60.1. The van der Waals surface area contributed by atoms with E-state index in [1.165, 1.54) is 36.4 Å². The number of nitro groups is 1. The van der Waals surface area contributed by atoms with Gasteiger partial charge in [-0.1, -0.05) is 36.4 Å². The van der Waals surface area contributed by atoms with Crippen molar-refractivity contribution in [3.8, 4) is 5.75 Å². The number of carboxylic acids is 1. The predicted molar refractivity (Wildman–Crippen MR) is 126 cm³/mol. The number of rotatable bonds is 7. The number of para-hydroxylation sites is 1. The van der Waals surface area contributed by atoms with Crippen LogP contribution in [0.25, 0.3) is 6.08 Å². The molecule has 0 radical (unpaired) electrons. The molecular weight excluding hydrogens is 470 g/mol. The number of carbonyl (C=O) groups excluding carboxylic acids is 3. The maximum atomic E-state index is 13.1. The van der Waals surface area contributed by atoms with Crippen molar-refractivity contribution in [2.24, 2.45) is 0 Å². The number of nitrogens with one attached hydrogen (secondary N) is 1. The van der Waals surface area contributed by atoms with Crippen molar-refractivity contribution in [1.29, 1.82) is 0 Å². The summed E-state index contributed by atoms with van der Waals surface area (Å²) >= 11 is 0. The topological polar surface area (TPSA) is 156 Å². The largest absolute Gasteiger partial charge is 0.488 e. The number of urea groups is 1. The normalized spacial score (nSPS) is 14.5. The fourth-order valence-electron chi connectivity index (χ4n) is 3.43. The van der Waals surface area contributed by atoms with Gasteiger partial charge in [-0.2, -0.15) is 0 Å². The summed E-state index contributed by atoms with van der Waals surface area (Å²) in [6.07, 6.45) is 1.26. The SMILES string of the molecule is O=C1NC(=O)N(c2cccc([N+](=O)[O-])c2)C(=O)/C1=C\c1ccccc1OCc1ccc(C(=O)O)cc1. The van der Waals surface area contributed by atoms with E-state index in [0.717, 1.165) is 6.07 Å². The lowest BCUT2D eigenvalue weighted by atomic mass is 10.1. The second kappa shape index (κ2) is 9.89. The average molecular weight is 487 g/mol. The Hall–Kier alpha value is -5.32. The second-order valence-electron chi connectivity index (χ2n) is 7.56. The van der Waals surface area contributed by atoms with Gasteiger partial charge in [-0.25, -0.2) is 14.5 Å². The number of carboxylic acid groups (broad SMARTS) is 1. The van der Waals surface area contributed by atoms with E-state index < -0.39 is 28.7 Å². The molecule has 1 fully saturated rings. The first-order valence-corrected chi connectivity index (χ1v) is 10.4. The number of nitrogens with zero attached hydrogens (tertiary/aromatic N) is 2. The maximum absolute atomic E-state index is 13.1. The summed E-state index contributed by atoms with van der Waals surface area (Å²) in [7, 11) is 0. The minimum atomic E-state index is -1.05. The van der Waals surface area contributed by atoms with Gasteiger partial charge in [0.1, 0.15) is 17.9 Å². The third-order valence-electron chi connectivity index (χ3n) is 5.21. The third kappa shape index (κ3) is 4.94. The summed E-state index contributed by atoms with van der Waals surface area (Å²) in [5.41, 5.74) is 0.421. The number of non-ortho nitro benzene ring substituents is 1. The first-order valence-electron chi connectivity index (χ1n) is 10.4. The number of amides is 4. The lowest BCUT2D eigenvalue weighted by molar-refractivity contribution is -0.384. The van der Waals surface area contributed by atoms with Gasteiger partial charge in [-0.05, 0) is 35.9 Å². The maximum Gasteiger partial charge on any atom is 0.335 e. The van der Waals surface area contributed by atoms with Crippen molar-refractivity contribution in [3.63, 3.8) is 0 Å². The van der Waals surface area contributed by atoms with Crippen molar-refractivity contribution >= 4 is 41.3 Å². The van der Waals surface area contributed by atoms with Gasteiger partial charge in [0.05, 0.1) is 16.2 Å². The summed E-state index contributed by atoms with van der Waals surface area (Å²) < 4.78 is 5.82. The molecule has 1 heterocycles. The van der Waals surface area contributed by atoms with Crippen LogP contribution in [0.1, 0.15) is 21.5 Å². The van der Waals surface area contributed by atoms with E-state index in [4.69, 9.17) is 9.84 Å². The molecule has 4 rings (SSSR count). The molecule has 2 N–H and O–H groups in total. The number of benzene rings is 3. The minimum absolute atomic E-state index is 0.0700. The molecule has 3 aromatic rings. The summed E-state index contributed by atoms with van der Waals surface area (Å²) in [6.45, 7) is 0.0819. The Bertz CT molecular complexity index is 1430. The van der Waals surface area contributed by atoms with E-state index in [1.807, 2.05) is 0 Å². The van der Waals surface area contributed by atoms with Crippen LogP contribution in [0.15, 0.2) is 78.4 Å². The standard InChI is InChI=1S/C25H17N3O8/c29-22-20(23(30)27(25(33)26-22)18-5-3-6-19(13-18)28(34)35)12-17-4-1-2-7-21(17)36-14-15-8-10-16(11-9-15)24(31)32/h1-13H,14H2,(H,31,32)(H,26,29,33)/b20-12-. The Balaban J connectivity index is 1.61. The summed E-state index contributed by atoms with van der Waals surface area (Å²) in [6, 6.07) is 16.6. The van der Waals surface area contributed by atoms with Crippen molar-refractivity contribution in [2.45, 2.75) is 6.61 Å². The molecule has 11 nitrogen and oxygen atoms in total. The molecule has 4 amide bonds. The van der Waals surface area contributed by atoms with Crippen molar-refractivity contribution < 1.29 is 33.9 Å². The molecule has 3 aromatic carbocycles. The van der Waals surface area contributed by atoms with Gasteiger partial charge in [-0.15, -0.1) is 0 Å². The van der Waals surface area contributed by atoms with Gasteiger partial charge in [0.2, 0.25) is 0 Å². The molecule has 1 aliphatic rings. The molecule has 0 aromatic heterocycles. The monoisotopic (exact) mass is 487 g/mol. The molecule has 1 aliphatic heterocycles. The molecule has 180 valence electrons. The highest BCUT2D eigenvalue weighted by Crippen LogP contribution is 2.27. The molecule has 36 heavy (non-hydrogen) atoms. The number of barbiturate groups is 1. The zero-order chi connectivity index (χ0) is 25.8. The van der Waals surface area contributed by atoms with Crippen LogP contribution in [0.5, 0.6) is 5.75 Å². The Morgan fingerprint density at radius 1 is 1.03 bits per heavy atom. The van der Waals surface area contributed by atoms with Crippen molar-refractivity contribution in [2.75, 3.05) is 4.90 Å². The number of carbonyl (C=O) groups is 4. The van der Waals surface area contributed by atoms with Crippen molar-refractivity contribution in [1.82, 2.24) is 5.32 Å². The van der Waals surface area contributed by atoms with E-state index in [9.17, 15) is 29.3 Å². The molecule has 0 aliphatic carbocycles. The fraction of sp³-hybridized carbons (Fsp3) is 0.0400. The molecule has 11 heteroatoms. The van der Waals surface area contributed by atoms with Gasteiger partial charge < -0.3 is 9.84 Å². The molecular formula is C25H17N3O8. The van der Waals surface area contributed by atoms with Crippen LogP contribution in [0.2, 0.25) is 0 Å². The summed E-state index contributed by atoms with van der Waals surface area (Å²) in [5, 5.41) is 22.2. The Morgan fingerprint density at radius 2 is 1.75 bits per heavy atom. The highest BCUT2D eigenvalue weighted by molar-refractivity contribution is 6.39. The van der Waals surface area contributed by atoms with Crippen LogP contribution < -0.4 is 15.0 Å². The zero-order valence-electron chi connectivity index (χ0n) is 18.4. The molecule has 0 atom stereocenters. The number of hydrogen-bond donors (Lipinski definition) is 2. The van der Waals surface area contributed by atoms with Crippen LogP contribution in [0.3, 0.4) is 0 Å². The molecule has 1 saturated heterocycles. The lowest BCUT2D eigenvalue weighted by Gasteiger charge is -2.26. The van der Waals surface area contributed by atoms with Crippen LogP contribution in [-0.4, -0.2) is 33.8 Å². The Morgan fingerprint density at radius 3 is 2.44 bits per heavy atom. The van der Waals surface area contributed by atoms with Crippen molar-refractivity contribution in [3.05, 3.63) is 105 Å². The lowest BCUT2D eigenvalue weighted by Crippen LogP contribution is -2.54. The first-order chi connectivity index (χ1) is 17.2. The molecule has 0 saturated carbocycles. The third-order valence-corrected chi connectivity index (χ3v) is 5.21. The first kappa shape index (κ1) is 23.8. The predicted octanol–water partition coefficient (Wildman–Crippen LogP) is 3.54. The highest BCUT2D eigenvalue weighted by Gasteiger charge is 2.37. The molecule has 0 unspecified atom stereocenters. The summed E-state index contributed by atoms with van der Waals surface area (Å²) in [5.74, 6) is -2.60. The number of nitro benzene ring substituents is 1. The number of imide groups is 2. The van der Waals surface area contributed by atoms with E-state index in [-0.39, 0.29) is 29.1 Å². The van der Waals surface area contributed by atoms with Gasteiger partial charge in [0.25, 0.3) is 17.5 Å². The molecule has 0 spiro atoms. The van der Waals surface area contributed by atoms with Gasteiger partial charge in [0, 0.05) is 17.7 Å². The van der Waals surface area contributed by atoms with Gasteiger partial charge >= 0.3 is 12.0 Å². The molecule has 0 bridgehead atoms. The van der Waals surface area contributed by atoms with E-state index in [1.54, 1.807) is 36.4 Å². The van der Waals surface area contributed by atoms with Gasteiger partial charge in [0.15, 0.2) is 0 Å². The number of ether oxygens (including phenoxy) is 1. The number of anilines is 1. The average Bonchev–Trinajstić information content (AvgIpc) is 2.86. The number of aromatic carboxylic acids is 1. The zero-order valence-corrected chi connectivity index (χ0v) is 18.4. The van der Waals surface area contributed by atoms with E-state index in [0.29, 0.717) is 21.8 Å².